The maximum absolute atomic E-state index is 6.24. The van der Waals surface area contributed by atoms with Crippen LogP contribution in [0.3, 0.4) is 0 Å². The van der Waals surface area contributed by atoms with Gasteiger partial charge >= 0.3 is 0 Å². The van der Waals surface area contributed by atoms with Gasteiger partial charge in [-0.05, 0) is 23.8 Å². The molecule has 0 fully saturated rings. The lowest BCUT2D eigenvalue weighted by molar-refractivity contribution is 0.809. The largest absolute Gasteiger partial charge is 0.398 e. The van der Waals surface area contributed by atoms with Crippen molar-refractivity contribution in [2.75, 3.05) is 5.73 Å². The summed E-state index contributed by atoms with van der Waals surface area (Å²) >= 11 is 6.24. The van der Waals surface area contributed by atoms with Crippen LogP contribution in [0.15, 0.2) is 60.9 Å². The maximum atomic E-state index is 6.24. The molecule has 0 aliphatic carbocycles. The molecule has 0 spiro atoms. The van der Waals surface area contributed by atoms with Gasteiger partial charge in [0.2, 0.25) is 0 Å². The van der Waals surface area contributed by atoms with Crippen molar-refractivity contribution < 1.29 is 0 Å². The Bertz CT molecular complexity index is 734. The molecule has 4 heteroatoms. The van der Waals surface area contributed by atoms with E-state index in [1.54, 1.807) is 6.20 Å². The van der Waals surface area contributed by atoms with E-state index in [0.29, 0.717) is 11.6 Å². The third-order valence-corrected chi connectivity index (χ3v) is 3.56. The molecular weight excluding hydrogens is 270 g/mol. The van der Waals surface area contributed by atoms with E-state index in [9.17, 15) is 0 Å². The van der Waals surface area contributed by atoms with Gasteiger partial charge < -0.3 is 10.3 Å². The number of hydrogen-bond acceptors (Lipinski definition) is 2. The van der Waals surface area contributed by atoms with Crippen LogP contribution in [0.2, 0.25) is 5.02 Å². The zero-order chi connectivity index (χ0) is 13.9. The first-order valence-electron chi connectivity index (χ1n) is 6.35. The van der Waals surface area contributed by atoms with Crippen molar-refractivity contribution in [3.63, 3.8) is 0 Å². The molecule has 0 unspecified atom stereocenters. The highest BCUT2D eigenvalue weighted by atomic mass is 35.5. The summed E-state index contributed by atoms with van der Waals surface area (Å²) in [5.41, 5.74) is 8.77. The molecule has 0 saturated carbocycles. The number of halogens is 1. The first kappa shape index (κ1) is 12.8. The molecule has 0 saturated heterocycles. The van der Waals surface area contributed by atoms with Crippen molar-refractivity contribution in [2.45, 2.75) is 6.54 Å². The van der Waals surface area contributed by atoms with Crippen LogP contribution in [-0.4, -0.2) is 9.55 Å². The van der Waals surface area contributed by atoms with Gasteiger partial charge in [0, 0.05) is 23.6 Å². The second-order valence-corrected chi connectivity index (χ2v) is 4.96. The molecule has 1 heterocycles. The second kappa shape index (κ2) is 5.39. The minimum atomic E-state index is 0.674. The smallest absolute Gasteiger partial charge is 0.141 e. The highest BCUT2D eigenvalue weighted by Gasteiger charge is 2.10. The van der Waals surface area contributed by atoms with Crippen LogP contribution in [0.5, 0.6) is 0 Å². The first-order valence-corrected chi connectivity index (χ1v) is 6.73. The van der Waals surface area contributed by atoms with E-state index in [0.717, 1.165) is 22.6 Å². The number of nitrogens with zero attached hydrogens (tertiary/aromatic N) is 2. The van der Waals surface area contributed by atoms with Crippen LogP contribution in [0.4, 0.5) is 5.69 Å². The van der Waals surface area contributed by atoms with Gasteiger partial charge in [-0.25, -0.2) is 4.98 Å². The zero-order valence-electron chi connectivity index (χ0n) is 10.8. The molecule has 100 valence electrons. The summed E-state index contributed by atoms with van der Waals surface area (Å²) < 4.78 is 2.05. The maximum Gasteiger partial charge on any atom is 0.141 e. The van der Waals surface area contributed by atoms with Gasteiger partial charge in [-0.15, -0.1) is 0 Å². The van der Waals surface area contributed by atoms with E-state index < -0.39 is 0 Å². The van der Waals surface area contributed by atoms with Crippen molar-refractivity contribution in [2.24, 2.45) is 0 Å². The van der Waals surface area contributed by atoms with Crippen LogP contribution in [0.25, 0.3) is 11.4 Å². The molecule has 3 nitrogen and oxygen atoms in total. The Morgan fingerprint density at radius 2 is 1.80 bits per heavy atom. The fourth-order valence-corrected chi connectivity index (χ4v) is 2.41. The molecule has 0 aliphatic rings. The van der Waals surface area contributed by atoms with E-state index in [4.69, 9.17) is 17.3 Å². The van der Waals surface area contributed by atoms with Gasteiger partial charge in [-0.1, -0.05) is 41.9 Å². The standard InChI is InChI=1S/C16H14ClN3/c17-14-7-3-2-6-13(14)16-19-9-10-20(16)11-12-5-1-4-8-15(12)18/h1-10H,11,18H2. The number of aromatic nitrogens is 2. The average molecular weight is 284 g/mol. The van der Waals surface area contributed by atoms with Crippen molar-refractivity contribution >= 4 is 17.3 Å². The summed E-state index contributed by atoms with van der Waals surface area (Å²) in [5.74, 6) is 0.846. The van der Waals surface area contributed by atoms with Crippen molar-refractivity contribution in [1.29, 1.82) is 0 Å². The first-order chi connectivity index (χ1) is 9.75. The Morgan fingerprint density at radius 3 is 2.60 bits per heavy atom. The number of nitrogen functional groups attached to an aromatic ring is 1. The predicted molar refractivity (Wildman–Crippen MR) is 82.6 cm³/mol. The molecular formula is C16H14ClN3. The van der Waals surface area contributed by atoms with Crippen LogP contribution in [0, 0.1) is 0 Å². The van der Waals surface area contributed by atoms with Crippen molar-refractivity contribution in [1.82, 2.24) is 9.55 Å². The van der Waals surface area contributed by atoms with E-state index in [-0.39, 0.29) is 0 Å². The second-order valence-electron chi connectivity index (χ2n) is 4.56. The van der Waals surface area contributed by atoms with E-state index in [1.165, 1.54) is 0 Å². The van der Waals surface area contributed by atoms with Crippen LogP contribution >= 0.6 is 11.6 Å². The molecule has 2 aromatic carbocycles. The lowest BCUT2D eigenvalue weighted by Crippen LogP contribution is -2.04. The summed E-state index contributed by atoms with van der Waals surface area (Å²) in [6.45, 7) is 0.674. The third kappa shape index (κ3) is 2.40. The number of rotatable bonds is 3. The molecule has 3 aromatic rings. The summed E-state index contributed by atoms with van der Waals surface area (Å²) in [4.78, 5) is 4.41. The number of anilines is 1. The van der Waals surface area contributed by atoms with E-state index in [2.05, 4.69) is 4.98 Å². The molecule has 20 heavy (non-hydrogen) atoms. The van der Waals surface area contributed by atoms with Gasteiger partial charge in [0.15, 0.2) is 0 Å². The minimum absolute atomic E-state index is 0.674. The van der Waals surface area contributed by atoms with Crippen molar-refractivity contribution in [3.8, 4) is 11.4 Å². The Kier molecular flexibility index (Phi) is 3.44. The fourth-order valence-electron chi connectivity index (χ4n) is 2.19. The molecule has 0 amide bonds. The van der Waals surface area contributed by atoms with E-state index in [1.807, 2.05) is 59.3 Å². The lowest BCUT2D eigenvalue weighted by Gasteiger charge is -2.11. The summed E-state index contributed by atoms with van der Waals surface area (Å²) in [7, 11) is 0. The quantitative estimate of drug-likeness (QED) is 0.742. The molecule has 0 bridgehead atoms. The fraction of sp³-hybridized carbons (Fsp3) is 0.0625. The molecule has 3 rings (SSSR count). The van der Waals surface area contributed by atoms with Crippen LogP contribution in [0.1, 0.15) is 5.56 Å². The SMILES string of the molecule is Nc1ccccc1Cn1ccnc1-c1ccccc1Cl. The number of nitrogens with two attached hydrogens (primary N) is 1. The van der Waals surface area contributed by atoms with Gasteiger partial charge in [-0.2, -0.15) is 0 Å². The summed E-state index contributed by atoms with van der Waals surface area (Å²) in [5, 5.41) is 0.695. The molecule has 0 radical (unpaired) electrons. The van der Waals surface area contributed by atoms with Crippen molar-refractivity contribution in [3.05, 3.63) is 71.5 Å². The summed E-state index contributed by atoms with van der Waals surface area (Å²) in [6, 6.07) is 15.5. The Balaban J connectivity index is 2.00. The average Bonchev–Trinajstić information content (AvgIpc) is 2.90. The number of hydrogen-bond donors (Lipinski definition) is 1. The normalized spacial score (nSPS) is 10.7. The molecule has 1 aromatic heterocycles. The van der Waals surface area contributed by atoms with Gasteiger partial charge in [0.25, 0.3) is 0 Å². The monoisotopic (exact) mass is 283 g/mol. The van der Waals surface area contributed by atoms with Crippen LogP contribution < -0.4 is 5.73 Å². The Morgan fingerprint density at radius 1 is 1.05 bits per heavy atom. The Hall–Kier alpha value is -2.26. The summed E-state index contributed by atoms with van der Waals surface area (Å²) in [6.07, 6.45) is 3.71. The number of benzene rings is 2. The van der Waals surface area contributed by atoms with Gasteiger partial charge in [0.05, 0.1) is 11.6 Å². The van der Waals surface area contributed by atoms with Crippen LogP contribution in [-0.2, 0) is 6.54 Å². The van der Waals surface area contributed by atoms with Gasteiger partial charge in [-0.3, -0.25) is 0 Å². The topological polar surface area (TPSA) is 43.8 Å². The highest BCUT2D eigenvalue weighted by molar-refractivity contribution is 6.33. The number of para-hydroxylation sites is 1. The Labute approximate surface area is 122 Å². The highest BCUT2D eigenvalue weighted by Crippen LogP contribution is 2.27. The molecule has 0 aliphatic heterocycles. The minimum Gasteiger partial charge on any atom is -0.398 e. The predicted octanol–water partition coefficient (Wildman–Crippen LogP) is 3.83. The lowest BCUT2D eigenvalue weighted by atomic mass is 10.1. The third-order valence-electron chi connectivity index (χ3n) is 3.23. The van der Waals surface area contributed by atoms with E-state index >= 15 is 0 Å². The molecule has 2 N–H and O–H groups in total. The number of imidazole rings is 1. The van der Waals surface area contributed by atoms with Gasteiger partial charge in [0.1, 0.15) is 5.82 Å². The zero-order valence-corrected chi connectivity index (χ0v) is 11.6. The molecule has 0 atom stereocenters.